The summed E-state index contributed by atoms with van der Waals surface area (Å²) in [5.41, 5.74) is 0. The molecule has 5 nitrogen and oxygen atoms in total. The lowest BCUT2D eigenvalue weighted by molar-refractivity contribution is -0.136. The first-order valence-corrected chi connectivity index (χ1v) is 8.18. The van der Waals surface area contributed by atoms with Gasteiger partial charge in [-0.25, -0.2) is 13.4 Å². The highest BCUT2D eigenvalue weighted by molar-refractivity contribution is 7.93. The number of nitrogens with one attached hydrogen (secondary N) is 1. The largest absolute Gasteiger partial charge is 0.427 e. The molecule has 1 aliphatic carbocycles. The van der Waals surface area contributed by atoms with Crippen molar-refractivity contribution in [3.8, 4) is 0 Å². The van der Waals surface area contributed by atoms with Crippen LogP contribution in [0.4, 0.5) is 8.78 Å². The maximum atomic E-state index is 14.0. The standard InChI is InChI=1S/C13H16F2N2O3S/c14-13(15,12(18)17-10-6-2-1-3-7-10)21(19,20)11-8-4-5-9-16-11/h4-5,8-10H,1-3,6-7H2,(H,17,18). The Morgan fingerprint density at radius 2 is 1.90 bits per heavy atom. The molecule has 1 amide bonds. The van der Waals surface area contributed by atoms with Gasteiger partial charge in [-0.2, -0.15) is 8.78 Å². The summed E-state index contributed by atoms with van der Waals surface area (Å²) in [6, 6.07) is 3.22. The summed E-state index contributed by atoms with van der Waals surface area (Å²) >= 11 is 0. The molecule has 0 bridgehead atoms. The van der Waals surface area contributed by atoms with Gasteiger partial charge in [0.2, 0.25) is 0 Å². The maximum Gasteiger partial charge on any atom is 0.427 e. The molecule has 0 aromatic carbocycles. The van der Waals surface area contributed by atoms with Gasteiger partial charge in [-0.05, 0) is 25.0 Å². The fourth-order valence-electron chi connectivity index (χ4n) is 2.28. The molecule has 8 heteroatoms. The Morgan fingerprint density at radius 1 is 1.24 bits per heavy atom. The van der Waals surface area contributed by atoms with Crippen molar-refractivity contribution in [3.05, 3.63) is 24.4 Å². The van der Waals surface area contributed by atoms with Gasteiger partial charge >= 0.3 is 11.2 Å². The monoisotopic (exact) mass is 318 g/mol. The van der Waals surface area contributed by atoms with Crippen LogP contribution in [-0.2, 0) is 14.6 Å². The van der Waals surface area contributed by atoms with E-state index in [2.05, 4.69) is 10.3 Å². The summed E-state index contributed by atoms with van der Waals surface area (Å²) in [5.74, 6) is -1.78. The highest BCUT2D eigenvalue weighted by Gasteiger charge is 2.54. The second kappa shape index (κ2) is 6.05. The van der Waals surface area contributed by atoms with Gasteiger partial charge in [0.05, 0.1) is 0 Å². The number of aromatic nitrogens is 1. The minimum Gasteiger partial charge on any atom is -0.347 e. The fraction of sp³-hybridized carbons (Fsp3) is 0.538. The van der Waals surface area contributed by atoms with Crippen molar-refractivity contribution in [2.75, 3.05) is 0 Å². The summed E-state index contributed by atoms with van der Waals surface area (Å²) in [6.45, 7) is 0. The Balaban J connectivity index is 2.18. The van der Waals surface area contributed by atoms with Crippen molar-refractivity contribution in [1.82, 2.24) is 10.3 Å². The molecule has 1 fully saturated rings. The van der Waals surface area contributed by atoms with Crippen LogP contribution in [0.5, 0.6) is 0 Å². The first-order chi connectivity index (χ1) is 9.85. The van der Waals surface area contributed by atoms with E-state index in [4.69, 9.17) is 0 Å². The van der Waals surface area contributed by atoms with E-state index in [9.17, 15) is 22.0 Å². The predicted molar refractivity (Wildman–Crippen MR) is 71.4 cm³/mol. The predicted octanol–water partition coefficient (Wildman–Crippen LogP) is 1.90. The van der Waals surface area contributed by atoms with E-state index in [1.807, 2.05) is 0 Å². The zero-order valence-corrected chi connectivity index (χ0v) is 12.1. The molecule has 0 spiro atoms. The van der Waals surface area contributed by atoms with Gasteiger partial charge in [0.25, 0.3) is 9.84 Å². The quantitative estimate of drug-likeness (QED) is 0.920. The average Bonchev–Trinajstić information content (AvgIpc) is 2.49. The molecule has 1 aromatic heterocycles. The molecule has 0 radical (unpaired) electrons. The SMILES string of the molecule is O=C(NC1CCCCC1)C(F)(F)S(=O)(=O)c1ccccn1. The molecule has 0 aliphatic heterocycles. The van der Waals surface area contributed by atoms with Crippen LogP contribution in [0.3, 0.4) is 0 Å². The Hall–Kier alpha value is -1.57. The van der Waals surface area contributed by atoms with Gasteiger partial charge in [0, 0.05) is 12.2 Å². The van der Waals surface area contributed by atoms with Crippen molar-refractivity contribution in [3.63, 3.8) is 0 Å². The van der Waals surface area contributed by atoms with Gasteiger partial charge in [-0.3, -0.25) is 4.79 Å². The smallest absolute Gasteiger partial charge is 0.347 e. The Morgan fingerprint density at radius 3 is 2.48 bits per heavy atom. The molecule has 1 heterocycles. The van der Waals surface area contributed by atoms with Crippen LogP contribution in [0, 0.1) is 0 Å². The van der Waals surface area contributed by atoms with Crippen LogP contribution in [0.15, 0.2) is 29.4 Å². The highest BCUT2D eigenvalue weighted by Crippen LogP contribution is 2.29. The summed E-state index contributed by atoms with van der Waals surface area (Å²) in [7, 11) is -5.15. The number of carbonyl (C=O) groups excluding carboxylic acids is 1. The van der Waals surface area contributed by atoms with Crippen LogP contribution < -0.4 is 5.32 Å². The molecule has 0 saturated heterocycles. The molecular weight excluding hydrogens is 302 g/mol. The lowest BCUT2D eigenvalue weighted by atomic mass is 9.95. The molecule has 1 N–H and O–H groups in total. The van der Waals surface area contributed by atoms with Gasteiger partial charge in [-0.15, -0.1) is 0 Å². The number of carbonyl (C=O) groups is 1. The number of pyridine rings is 1. The summed E-state index contributed by atoms with van der Waals surface area (Å²) in [4.78, 5) is 15.1. The Kier molecular flexibility index (Phi) is 4.55. The number of hydrogen-bond acceptors (Lipinski definition) is 4. The van der Waals surface area contributed by atoms with E-state index in [-0.39, 0.29) is 0 Å². The Labute approximate surface area is 121 Å². The van der Waals surface area contributed by atoms with Crippen molar-refractivity contribution in [2.24, 2.45) is 0 Å². The zero-order chi connectivity index (χ0) is 15.5. The maximum absolute atomic E-state index is 14.0. The van der Waals surface area contributed by atoms with Gasteiger partial charge in [0.1, 0.15) is 0 Å². The van der Waals surface area contributed by atoms with Gasteiger partial charge in [-0.1, -0.05) is 25.3 Å². The van der Waals surface area contributed by atoms with Crippen molar-refractivity contribution in [1.29, 1.82) is 0 Å². The molecule has 1 saturated carbocycles. The van der Waals surface area contributed by atoms with Crippen LogP contribution >= 0.6 is 0 Å². The topological polar surface area (TPSA) is 76.1 Å². The fourth-order valence-corrected chi connectivity index (χ4v) is 3.30. The number of amides is 1. The van der Waals surface area contributed by atoms with Crippen molar-refractivity contribution < 1.29 is 22.0 Å². The second-order valence-electron chi connectivity index (χ2n) is 5.00. The second-order valence-corrected chi connectivity index (χ2v) is 6.93. The van der Waals surface area contributed by atoms with Crippen molar-refractivity contribution in [2.45, 2.75) is 48.4 Å². The average molecular weight is 318 g/mol. The van der Waals surface area contributed by atoms with E-state index in [1.165, 1.54) is 12.1 Å². The van der Waals surface area contributed by atoms with Gasteiger partial charge in [0.15, 0.2) is 5.03 Å². The van der Waals surface area contributed by atoms with E-state index < -0.39 is 32.1 Å². The number of halogens is 2. The van der Waals surface area contributed by atoms with E-state index in [0.29, 0.717) is 12.8 Å². The third-order valence-corrected chi connectivity index (χ3v) is 5.11. The third kappa shape index (κ3) is 3.20. The molecule has 0 unspecified atom stereocenters. The van der Waals surface area contributed by atoms with Crippen LogP contribution in [0.25, 0.3) is 0 Å². The molecule has 1 aromatic rings. The highest BCUT2D eigenvalue weighted by atomic mass is 32.2. The first kappa shape index (κ1) is 15.8. The van der Waals surface area contributed by atoms with Crippen molar-refractivity contribution >= 4 is 15.7 Å². The number of nitrogens with zero attached hydrogens (tertiary/aromatic N) is 1. The van der Waals surface area contributed by atoms with E-state index in [1.54, 1.807) is 0 Å². The third-order valence-electron chi connectivity index (χ3n) is 3.46. The van der Waals surface area contributed by atoms with Crippen LogP contribution in [0.1, 0.15) is 32.1 Å². The normalized spacial score (nSPS) is 17.4. The molecule has 1 aliphatic rings. The summed E-state index contributed by atoms with van der Waals surface area (Å²) in [6.07, 6.45) is 4.93. The number of rotatable bonds is 4. The molecular formula is C13H16F2N2O3S. The van der Waals surface area contributed by atoms with Gasteiger partial charge < -0.3 is 5.32 Å². The minimum atomic E-state index is -5.15. The number of alkyl halides is 2. The molecule has 116 valence electrons. The zero-order valence-electron chi connectivity index (χ0n) is 11.3. The molecule has 21 heavy (non-hydrogen) atoms. The lowest BCUT2D eigenvalue weighted by Gasteiger charge is -2.25. The molecule has 0 atom stereocenters. The first-order valence-electron chi connectivity index (χ1n) is 6.70. The number of sulfone groups is 1. The van der Waals surface area contributed by atoms with Crippen LogP contribution in [0.2, 0.25) is 0 Å². The van der Waals surface area contributed by atoms with E-state index in [0.717, 1.165) is 31.5 Å². The minimum absolute atomic E-state index is 0.393. The van der Waals surface area contributed by atoms with E-state index >= 15 is 0 Å². The lowest BCUT2D eigenvalue weighted by Crippen LogP contribution is -2.49. The Bertz CT molecular complexity index is 599. The summed E-state index contributed by atoms with van der Waals surface area (Å²) in [5, 5.41) is -3.20. The summed E-state index contributed by atoms with van der Waals surface area (Å²) < 4.78 is 51.7. The van der Waals surface area contributed by atoms with Crippen LogP contribution in [-0.4, -0.2) is 30.6 Å². The molecule has 2 rings (SSSR count). The number of hydrogen-bond donors (Lipinski definition) is 1.